The molecule has 0 spiro atoms. The molecule has 0 amide bonds. The Bertz CT molecular complexity index is 363. The van der Waals surface area contributed by atoms with E-state index < -0.39 is 0 Å². The third-order valence-electron chi connectivity index (χ3n) is 1.81. The van der Waals surface area contributed by atoms with Gasteiger partial charge in [-0.05, 0) is 35.9 Å². The van der Waals surface area contributed by atoms with Gasteiger partial charge in [-0.2, -0.15) is 0 Å². The van der Waals surface area contributed by atoms with Gasteiger partial charge in [0.05, 0.1) is 0 Å². The molecule has 1 nitrogen and oxygen atoms in total. The van der Waals surface area contributed by atoms with Crippen molar-refractivity contribution in [2.45, 2.75) is 34.1 Å². The van der Waals surface area contributed by atoms with Crippen LogP contribution in [-0.2, 0) is 0 Å². The molecular formula is C13H20O. The van der Waals surface area contributed by atoms with E-state index in [1.807, 2.05) is 32.9 Å². The van der Waals surface area contributed by atoms with Crippen LogP contribution in [0.4, 0.5) is 0 Å². The predicted molar refractivity (Wildman–Crippen MR) is 63.6 cm³/mol. The summed E-state index contributed by atoms with van der Waals surface area (Å²) in [5.74, 6) is 0.334. The summed E-state index contributed by atoms with van der Waals surface area (Å²) in [4.78, 5) is 0. The molecule has 0 aliphatic heterocycles. The second-order valence-corrected chi connectivity index (χ2v) is 2.71. The molecule has 0 aromatic heterocycles. The van der Waals surface area contributed by atoms with E-state index in [0.717, 1.165) is 11.6 Å². The summed E-state index contributed by atoms with van der Waals surface area (Å²) in [5.41, 5.74) is 0. The summed E-state index contributed by atoms with van der Waals surface area (Å²) in [6.45, 7) is 8.09. The van der Waals surface area contributed by atoms with Gasteiger partial charge in [0.1, 0.15) is 5.75 Å². The fourth-order valence-corrected chi connectivity index (χ4v) is 1.22. The van der Waals surface area contributed by atoms with Gasteiger partial charge in [0.2, 0.25) is 0 Å². The quantitative estimate of drug-likeness (QED) is 0.724. The molecule has 0 bridgehead atoms. The lowest BCUT2D eigenvalue weighted by molar-refractivity contribution is 0.474. The smallest absolute Gasteiger partial charge is 0.116 e. The highest BCUT2D eigenvalue weighted by Crippen LogP contribution is 1.98. The maximum absolute atomic E-state index is 9.23. The molecule has 0 radical (unpaired) electrons. The van der Waals surface area contributed by atoms with E-state index in [2.05, 4.69) is 13.0 Å². The Hall–Kier alpha value is -1.24. The Morgan fingerprint density at radius 3 is 2.36 bits per heavy atom. The summed E-state index contributed by atoms with van der Waals surface area (Å²) >= 11 is 0. The molecule has 0 saturated heterocycles. The Kier molecular flexibility index (Phi) is 6.55. The fourth-order valence-electron chi connectivity index (χ4n) is 1.22. The molecule has 1 heteroatoms. The summed E-state index contributed by atoms with van der Waals surface area (Å²) in [6.07, 6.45) is 5.14. The van der Waals surface area contributed by atoms with Crippen LogP contribution < -0.4 is 10.4 Å². The number of aromatic hydroxyl groups is 1. The largest absolute Gasteiger partial charge is 0.508 e. The maximum atomic E-state index is 9.23. The number of rotatable bonds is 1. The molecule has 0 fully saturated rings. The number of benzene rings is 1. The van der Waals surface area contributed by atoms with Crippen LogP contribution >= 0.6 is 0 Å². The molecule has 0 aliphatic rings. The Labute approximate surface area is 86.4 Å². The van der Waals surface area contributed by atoms with E-state index in [1.165, 1.54) is 5.22 Å². The second kappa shape index (κ2) is 7.19. The first-order chi connectivity index (χ1) is 6.77. The first-order valence-electron chi connectivity index (χ1n) is 5.23. The number of hydrogen-bond donors (Lipinski definition) is 1. The van der Waals surface area contributed by atoms with Gasteiger partial charge in [-0.15, -0.1) is 0 Å². The SMILES string of the molecule is C/C=c1/ccc(O)c/c1=C/CC.CC. The van der Waals surface area contributed by atoms with Crippen molar-refractivity contribution in [1.82, 2.24) is 0 Å². The molecule has 0 saturated carbocycles. The zero-order valence-electron chi connectivity index (χ0n) is 9.54. The van der Waals surface area contributed by atoms with Crippen molar-refractivity contribution in [3.63, 3.8) is 0 Å². The lowest BCUT2D eigenvalue weighted by Crippen LogP contribution is -2.22. The van der Waals surface area contributed by atoms with Crippen LogP contribution in [0.5, 0.6) is 5.75 Å². The van der Waals surface area contributed by atoms with Crippen LogP contribution in [0.3, 0.4) is 0 Å². The molecule has 1 aromatic rings. The Morgan fingerprint density at radius 2 is 1.86 bits per heavy atom. The van der Waals surface area contributed by atoms with Gasteiger partial charge >= 0.3 is 0 Å². The average Bonchev–Trinajstić information content (AvgIpc) is 2.22. The van der Waals surface area contributed by atoms with Crippen molar-refractivity contribution in [1.29, 1.82) is 0 Å². The molecule has 14 heavy (non-hydrogen) atoms. The minimum atomic E-state index is 0.334. The van der Waals surface area contributed by atoms with Gasteiger partial charge in [0.25, 0.3) is 0 Å². The normalized spacial score (nSPS) is 12.3. The summed E-state index contributed by atoms with van der Waals surface area (Å²) in [7, 11) is 0. The van der Waals surface area contributed by atoms with Crippen molar-refractivity contribution in [3.8, 4) is 5.75 Å². The molecule has 78 valence electrons. The van der Waals surface area contributed by atoms with Gasteiger partial charge < -0.3 is 5.11 Å². The molecular weight excluding hydrogens is 172 g/mol. The minimum absolute atomic E-state index is 0.334. The lowest BCUT2D eigenvalue weighted by atomic mass is 10.2. The fraction of sp³-hybridized carbons (Fsp3) is 0.385. The molecule has 1 aromatic carbocycles. The maximum Gasteiger partial charge on any atom is 0.116 e. The molecule has 0 aliphatic carbocycles. The Balaban J connectivity index is 0.000000791. The average molecular weight is 192 g/mol. The van der Waals surface area contributed by atoms with E-state index in [-0.39, 0.29) is 0 Å². The van der Waals surface area contributed by atoms with Gasteiger partial charge in [0, 0.05) is 0 Å². The third-order valence-corrected chi connectivity index (χ3v) is 1.81. The van der Waals surface area contributed by atoms with E-state index in [4.69, 9.17) is 0 Å². The number of phenols is 1. The van der Waals surface area contributed by atoms with E-state index in [0.29, 0.717) is 5.75 Å². The van der Waals surface area contributed by atoms with Gasteiger partial charge in [-0.25, -0.2) is 0 Å². The van der Waals surface area contributed by atoms with Crippen LogP contribution in [0, 0.1) is 0 Å². The van der Waals surface area contributed by atoms with Crippen LogP contribution in [0.2, 0.25) is 0 Å². The number of hydrogen-bond acceptors (Lipinski definition) is 1. The van der Waals surface area contributed by atoms with Crippen LogP contribution in [0.1, 0.15) is 34.1 Å². The summed E-state index contributed by atoms with van der Waals surface area (Å²) in [6, 6.07) is 5.43. The molecule has 1 N–H and O–H groups in total. The third kappa shape index (κ3) is 3.65. The van der Waals surface area contributed by atoms with Crippen LogP contribution in [-0.4, -0.2) is 5.11 Å². The Morgan fingerprint density at radius 1 is 1.21 bits per heavy atom. The van der Waals surface area contributed by atoms with Gasteiger partial charge in [0.15, 0.2) is 0 Å². The van der Waals surface area contributed by atoms with Crippen LogP contribution in [0.15, 0.2) is 18.2 Å². The van der Waals surface area contributed by atoms with Gasteiger partial charge in [-0.1, -0.05) is 39.0 Å². The first-order valence-corrected chi connectivity index (χ1v) is 5.23. The minimum Gasteiger partial charge on any atom is -0.508 e. The second-order valence-electron chi connectivity index (χ2n) is 2.71. The lowest BCUT2D eigenvalue weighted by Gasteiger charge is -1.92. The van der Waals surface area contributed by atoms with Gasteiger partial charge in [-0.3, -0.25) is 0 Å². The number of phenolic OH excluding ortho intramolecular Hbond substituents is 1. The monoisotopic (exact) mass is 192 g/mol. The van der Waals surface area contributed by atoms with Crippen molar-refractivity contribution < 1.29 is 5.11 Å². The highest BCUT2D eigenvalue weighted by molar-refractivity contribution is 5.34. The van der Waals surface area contributed by atoms with E-state index in [1.54, 1.807) is 12.1 Å². The topological polar surface area (TPSA) is 20.2 Å². The molecule has 1 rings (SSSR count). The zero-order valence-corrected chi connectivity index (χ0v) is 9.54. The van der Waals surface area contributed by atoms with Crippen molar-refractivity contribution in [3.05, 3.63) is 28.6 Å². The predicted octanol–water partition coefficient (Wildman–Crippen LogP) is 2.41. The summed E-state index contributed by atoms with van der Waals surface area (Å²) in [5, 5.41) is 11.5. The summed E-state index contributed by atoms with van der Waals surface area (Å²) < 4.78 is 0. The highest BCUT2D eigenvalue weighted by atomic mass is 16.3. The van der Waals surface area contributed by atoms with E-state index in [9.17, 15) is 5.11 Å². The van der Waals surface area contributed by atoms with Crippen molar-refractivity contribution >= 4 is 12.2 Å². The highest BCUT2D eigenvalue weighted by Gasteiger charge is 1.86. The first kappa shape index (κ1) is 12.8. The standard InChI is InChI=1S/C11H14O.C2H6/c1-3-5-10-8-11(12)7-6-9(10)4-2;1-2/h4-8,12H,3H2,1-2H3;1-2H3/b9-4-,10-5-;. The van der Waals surface area contributed by atoms with Crippen LogP contribution in [0.25, 0.3) is 12.2 Å². The molecule has 0 heterocycles. The van der Waals surface area contributed by atoms with Crippen molar-refractivity contribution in [2.24, 2.45) is 0 Å². The zero-order chi connectivity index (χ0) is 11.0. The van der Waals surface area contributed by atoms with E-state index >= 15 is 0 Å². The molecule has 0 atom stereocenters. The molecule has 0 unspecified atom stereocenters. The van der Waals surface area contributed by atoms with Crippen molar-refractivity contribution in [2.75, 3.05) is 0 Å².